The summed E-state index contributed by atoms with van der Waals surface area (Å²) in [5, 5.41) is 1.49. The van der Waals surface area contributed by atoms with Gasteiger partial charge in [-0.3, -0.25) is 4.79 Å². The Balaban J connectivity index is 1.68. The number of methoxy groups -OCH3 is 2. The number of aromatic nitrogens is 2. The van der Waals surface area contributed by atoms with E-state index < -0.39 is 0 Å². The van der Waals surface area contributed by atoms with Crippen LogP contribution in [0.2, 0.25) is 5.02 Å². The van der Waals surface area contributed by atoms with E-state index in [0.717, 1.165) is 34.7 Å². The maximum Gasteiger partial charge on any atom is 0.233 e. The molecule has 0 fully saturated rings. The lowest BCUT2D eigenvalue weighted by Gasteiger charge is -2.18. The monoisotopic (exact) mass is 447 g/mol. The van der Waals surface area contributed by atoms with Crippen molar-refractivity contribution in [1.82, 2.24) is 14.5 Å². The first-order chi connectivity index (χ1) is 14.5. The zero-order chi connectivity index (χ0) is 21.7. The van der Waals surface area contributed by atoms with E-state index in [1.165, 1.54) is 11.8 Å². The first kappa shape index (κ1) is 22.3. The number of amides is 1. The first-order valence-electron chi connectivity index (χ1n) is 9.70. The Kier molecular flexibility index (Phi) is 7.50. The van der Waals surface area contributed by atoms with E-state index in [2.05, 4.69) is 16.5 Å². The van der Waals surface area contributed by atoms with Gasteiger partial charge in [-0.25, -0.2) is 4.98 Å². The van der Waals surface area contributed by atoms with Crippen molar-refractivity contribution in [2.45, 2.75) is 31.6 Å². The summed E-state index contributed by atoms with van der Waals surface area (Å²) in [6.45, 7) is 3.45. The Morgan fingerprint density at radius 3 is 2.63 bits per heavy atom. The second kappa shape index (κ2) is 10.1. The van der Waals surface area contributed by atoms with Gasteiger partial charge in [-0.15, -0.1) is 0 Å². The number of imidazole rings is 1. The van der Waals surface area contributed by atoms with Crippen LogP contribution in [0.5, 0.6) is 11.5 Å². The fourth-order valence-corrected chi connectivity index (χ4v) is 4.36. The van der Waals surface area contributed by atoms with Gasteiger partial charge in [0.15, 0.2) is 16.7 Å². The average molecular weight is 448 g/mol. The summed E-state index contributed by atoms with van der Waals surface area (Å²) in [5.74, 6) is 1.66. The van der Waals surface area contributed by atoms with Crippen molar-refractivity contribution in [3.63, 3.8) is 0 Å². The molecule has 30 heavy (non-hydrogen) atoms. The number of carbonyl (C=O) groups is 1. The van der Waals surface area contributed by atoms with E-state index in [4.69, 9.17) is 21.1 Å². The Morgan fingerprint density at radius 2 is 1.93 bits per heavy atom. The van der Waals surface area contributed by atoms with Crippen LogP contribution in [0.3, 0.4) is 0 Å². The molecule has 0 atom stereocenters. The summed E-state index contributed by atoms with van der Waals surface area (Å²) >= 11 is 7.56. The minimum absolute atomic E-state index is 0.0305. The quantitative estimate of drug-likeness (QED) is 0.438. The molecule has 2 aromatic carbocycles. The third kappa shape index (κ3) is 5.02. The van der Waals surface area contributed by atoms with Crippen molar-refractivity contribution in [3.05, 3.63) is 47.0 Å². The van der Waals surface area contributed by atoms with E-state index >= 15 is 0 Å². The predicted octanol–water partition coefficient (Wildman–Crippen LogP) is 4.87. The lowest BCUT2D eigenvalue weighted by Crippen LogP contribution is -2.28. The van der Waals surface area contributed by atoms with E-state index in [0.29, 0.717) is 28.8 Å². The number of rotatable bonds is 9. The second-order valence-electron chi connectivity index (χ2n) is 6.91. The topological polar surface area (TPSA) is 56.6 Å². The highest BCUT2D eigenvalue weighted by molar-refractivity contribution is 7.99. The Hall–Kier alpha value is -2.38. The Morgan fingerprint density at radius 1 is 1.17 bits per heavy atom. The molecule has 0 radical (unpaired) electrons. The van der Waals surface area contributed by atoms with Crippen molar-refractivity contribution in [2.75, 3.05) is 27.0 Å². The largest absolute Gasteiger partial charge is 0.493 e. The minimum Gasteiger partial charge on any atom is -0.493 e. The minimum atomic E-state index is 0.0305. The molecule has 1 amide bonds. The van der Waals surface area contributed by atoms with Crippen LogP contribution >= 0.6 is 23.4 Å². The highest BCUT2D eigenvalue weighted by Crippen LogP contribution is 2.29. The molecule has 1 heterocycles. The van der Waals surface area contributed by atoms with Gasteiger partial charge in [-0.2, -0.15) is 0 Å². The number of ether oxygens (including phenoxy) is 2. The fraction of sp³-hybridized carbons (Fsp3) is 0.364. The molecular weight excluding hydrogens is 422 g/mol. The highest BCUT2D eigenvalue weighted by atomic mass is 35.5. The SMILES string of the molecule is CCCn1c(SCC(=O)N(C)Cc2ccc(OC)c(OC)c2)nc2cc(Cl)ccc21. The number of aryl methyl sites for hydroxylation is 1. The van der Waals surface area contributed by atoms with Crippen LogP contribution in [0.1, 0.15) is 18.9 Å². The van der Waals surface area contributed by atoms with Gasteiger partial charge in [0.2, 0.25) is 5.91 Å². The molecule has 0 spiro atoms. The number of hydrogen-bond donors (Lipinski definition) is 0. The molecule has 0 saturated heterocycles. The van der Waals surface area contributed by atoms with Gasteiger partial charge in [0.05, 0.1) is 31.0 Å². The van der Waals surface area contributed by atoms with Crippen molar-refractivity contribution >= 4 is 40.3 Å². The molecule has 0 saturated carbocycles. The van der Waals surface area contributed by atoms with Gasteiger partial charge >= 0.3 is 0 Å². The van der Waals surface area contributed by atoms with Crippen LogP contribution in [-0.4, -0.2) is 47.4 Å². The number of benzene rings is 2. The van der Waals surface area contributed by atoms with E-state index in [1.807, 2.05) is 36.4 Å². The van der Waals surface area contributed by atoms with Crippen LogP contribution in [0, 0.1) is 0 Å². The summed E-state index contributed by atoms with van der Waals surface area (Å²) in [6.07, 6.45) is 0.981. The molecule has 0 N–H and O–H groups in total. The molecule has 6 nitrogen and oxygen atoms in total. The molecule has 0 unspecified atom stereocenters. The molecule has 3 aromatic rings. The second-order valence-corrected chi connectivity index (χ2v) is 8.29. The number of nitrogens with zero attached hydrogens (tertiary/aromatic N) is 3. The van der Waals surface area contributed by atoms with Crippen LogP contribution in [0.4, 0.5) is 0 Å². The summed E-state index contributed by atoms with van der Waals surface area (Å²) in [6, 6.07) is 11.4. The van der Waals surface area contributed by atoms with Gasteiger partial charge in [0.1, 0.15) is 0 Å². The van der Waals surface area contributed by atoms with Crippen molar-refractivity contribution in [1.29, 1.82) is 0 Å². The molecular formula is C22H26ClN3O3S. The number of carbonyl (C=O) groups excluding carboxylic acids is 1. The van der Waals surface area contributed by atoms with Gasteiger partial charge < -0.3 is 18.9 Å². The molecule has 8 heteroatoms. The Labute approximate surface area is 186 Å². The Bertz CT molecular complexity index is 1040. The maximum atomic E-state index is 12.7. The fourth-order valence-electron chi connectivity index (χ4n) is 3.21. The van der Waals surface area contributed by atoms with Gasteiger partial charge in [0.25, 0.3) is 0 Å². The van der Waals surface area contributed by atoms with E-state index in [9.17, 15) is 4.79 Å². The molecule has 1 aromatic heterocycles. The van der Waals surface area contributed by atoms with Crippen LogP contribution < -0.4 is 9.47 Å². The number of hydrogen-bond acceptors (Lipinski definition) is 5. The van der Waals surface area contributed by atoms with Gasteiger partial charge in [-0.05, 0) is 42.3 Å². The van der Waals surface area contributed by atoms with Crippen molar-refractivity contribution in [3.8, 4) is 11.5 Å². The third-order valence-electron chi connectivity index (χ3n) is 4.74. The summed E-state index contributed by atoms with van der Waals surface area (Å²) in [5.41, 5.74) is 2.86. The highest BCUT2D eigenvalue weighted by Gasteiger charge is 2.16. The third-order valence-corrected chi connectivity index (χ3v) is 5.94. The molecule has 0 aliphatic rings. The average Bonchev–Trinajstić information content (AvgIpc) is 3.08. The molecule has 0 aliphatic heterocycles. The standard InChI is InChI=1S/C22H26ClN3O3S/c1-5-10-26-18-8-7-16(23)12-17(18)24-22(26)30-14-21(27)25(2)13-15-6-9-19(28-3)20(11-15)29-4/h6-9,11-12H,5,10,13-14H2,1-4H3. The number of halogens is 1. The molecule has 3 rings (SSSR count). The van der Waals surface area contributed by atoms with E-state index in [-0.39, 0.29) is 5.91 Å². The molecule has 0 bridgehead atoms. The molecule has 160 valence electrons. The smallest absolute Gasteiger partial charge is 0.233 e. The summed E-state index contributed by atoms with van der Waals surface area (Å²) < 4.78 is 12.8. The van der Waals surface area contributed by atoms with Crippen molar-refractivity contribution < 1.29 is 14.3 Å². The molecule has 0 aliphatic carbocycles. The van der Waals surface area contributed by atoms with E-state index in [1.54, 1.807) is 26.2 Å². The van der Waals surface area contributed by atoms with Crippen molar-refractivity contribution in [2.24, 2.45) is 0 Å². The maximum absolute atomic E-state index is 12.7. The first-order valence-corrected chi connectivity index (χ1v) is 11.1. The van der Waals surface area contributed by atoms with Crippen LogP contribution in [0.25, 0.3) is 11.0 Å². The van der Waals surface area contributed by atoms with Gasteiger partial charge in [0, 0.05) is 25.2 Å². The summed E-state index contributed by atoms with van der Waals surface area (Å²) in [7, 11) is 5.00. The van der Waals surface area contributed by atoms with Crippen LogP contribution in [-0.2, 0) is 17.9 Å². The predicted molar refractivity (Wildman–Crippen MR) is 122 cm³/mol. The van der Waals surface area contributed by atoms with Gasteiger partial charge in [-0.1, -0.05) is 36.4 Å². The van der Waals surface area contributed by atoms with Crippen LogP contribution in [0.15, 0.2) is 41.6 Å². The number of thioether (sulfide) groups is 1. The number of fused-ring (bicyclic) bond motifs is 1. The zero-order valence-corrected chi connectivity index (χ0v) is 19.2. The lowest BCUT2D eigenvalue weighted by atomic mass is 10.2. The normalized spacial score (nSPS) is 11.0. The lowest BCUT2D eigenvalue weighted by molar-refractivity contribution is -0.127. The summed E-state index contributed by atoms with van der Waals surface area (Å²) in [4.78, 5) is 19.1. The zero-order valence-electron chi connectivity index (χ0n) is 17.6.